The molecule has 0 aromatic rings. The highest BCUT2D eigenvalue weighted by molar-refractivity contribution is 7.77. The summed E-state index contributed by atoms with van der Waals surface area (Å²) in [6.45, 7) is 2.46. The Labute approximate surface area is 81.1 Å². The molecule has 2 atom stereocenters. The number of piperidine rings is 1. The maximum Gasteiger partial charge on any atom is 0.0118 e. The summed E-state index contributed by atoms with van der Waals surface area (Å²) in [5.41, 5.74) is 0. The predicted molar refractivity (Wildman–Crippen MR) is 55.2 cm³/mol. The van der Waals surface area contributed by atoms with Gasteiger partial charge >= 0.3 is 0 Å². The molecule has 0 amide bonds. The van der Waals surface area contributed by atoms with E-state index in [-0.39, 0.29) is 0 Å². The molecule has 2 unspecified atom stereocenters. The molecule has 1 aliphatic carbocycles. The largest absolute Gasteiger partial charge is 0.253 e. The van der Waals surface area contributed by atoms with Crippen LogP contribution in [0, 0.1) is 11.8 Å². The first-order chi connectivity index (χ1) is 5.86. The molecule has 2 rings (SSSR count). The lowest BCUT2D eigenvalue weighted by atomic mass is 9.83. The van der Waals surface area contributed by atoms with Crippen LogP contribution in [0.5, 0.6) is 0 Å². The van der Waals surface area contributed by atoms with Crippen molar-refractivity contribution in [1.29, 1.82) is 0 Å². The van der Waals surface area contributed by atoms with Crippen molar-refractivity contribution in [3.63, 3.8) is 0 Å². The molecule has 2 aliphatic rings. The Balaban J connectivity index is 1.94. The van der Waals surface area contributed by atoms with Gasteiger partial charge in [0.2, 0.25) is 0 Å². The van der Waals surface area contributed by atoms with Crippen molar-refractivity contribution in [3.05, 3.63) is 0 Å². The van der Waals surface area contributed by atoms with Gasteiger partial charge in [-0.05, 0) is 24.7 Å². The standard InChI is InChI=1S/C10H19NS/c12-11-7-6-9-4-2-1-3-5-10(9)8-11/h9-10,12H,1-8H2. The minimum atomic E-state index is 0.971. The van der Waals surface area contributed by atoms with E-state index in [4.69, 9.17) is 0 Å². The van der Waals surface area contributed by atoms with Gasteiger partial charge in [-0.2, -0.15) is 0 Å². The Bertz CT molecular complexity index is 149. The Kier molecular flexibility index (Phi) is 2.97. The lowest BCUT2D eigenvalue weighted by molar-refractivity contribution is 0.186. The maximum absolute atomic E-state index is 4.45. The van der Waals surface area contributed by atoms with Crippen molar-refractivity contribution in [2.24, 2.45) is 11.8 Å². The lowest BCUT2D eigenvalue weighted by Crippen LogP contribution is -2.34. The van der Waals surface area contributed by atoms with E-state index in [1.54, 1.807) is 0 Å². The zero-order chi connectivity index (χ0) is 8.39. The molecule has 0 aromatic carbocycles. The van der Waals surface area contributed by atoms with Crippen molar-refractivity contribution in [3.8, 4) is 0 Å². The smallest absolute Gasteiger partial charge is 0.0118 e. The summed E-state index contributed by atoms with van der Waals surface area (Å²) in [6, 6.07) is 0. The highest BCUT2D eigenvalue weighted by Crippen LogP contribution is 2.35. The van der Waals surface area contributed by atoms with Gasteiger partial charge in [0.15, 0.2) is 0 Å². The number of hydrogen-bond donors (Lipinski definition) is 1. The number of thiol groups is 1. The molecule has 1 saturated carbocycles. The van der Waals surface area contributed by atoms with Gasteiger partial charge in [-0.3, -0.25) is 4.31 Å². The fourth-order valence-corrected chi connectivity index (χ4v) is 3.08. The van der Waals surface area contributed by atoms with E-state index in [0.29, 0.717) is 0 Å². The van der Waals surface area contributed by atoms with Gasteiger partial charge in [0.1, 0.15) is 0 Å². The zero-order valence-corrected chi connectivity index (χ0v) is 8.60. The molecule has 1 saturated heterocycles. The molecule has 1 aliphatic heterocycles. The second-order valence-corrected chi connectivity index (χ2v) is 4.93. The Morgan fingerprint density at radius 2 is 1.67 bits per heavy atom. The summed E-state index contributed by atoms with van der Waals surface area (Å²) < 4.78 is 2.21. The van der Waals surface area contributed by atoms with E-state index in [9.17, 15) is 0 Å². The fraction of sp³-hybridized carbons (Fsp3) is 1.00. The maximum atomic E-state index is 4.45. The van der Waals surface area contributed by atoms with Crippen LogP contribution in [0.4, 0.5) is 0 Å². The monoisotopic (exact) mass is 185 g/mol. The summed E-state index contributed by atoms with van der Waals surface area (Å²) in [5.74, 6) is 2.01. The fourth-order valence-electron chi connectivity index (χ4n) is 2.76. The predicted octanol–water partition coefficient (Wildman–Crippen LogP) is 2.73. The second-order valence-electron chi connectivity index (χ2n) is 4.36. The van der Waals surface area contributed by atoms with E-state index in [1.165, 1.54) is 51.6 Å². The number of rotatable bonds is 0. The Morgan fingerprint density at radius 3 is 2.50 bits per heavy atom. The van der Waals surface area contributed by atoms with Gasteiger partial charge in [0, 0.05) is 13.1 Å². The topological polar surface area (TPSA) is 3.24 Å². The normalized spacial score (nSPS) is 38.8. The van der Waals surface area contributed by atoms with E-state index in [0.717, 1.165) is 11.8 Å². The van der Waals surface area contributed by atoms with E-state index < -0.39 is 0 Å². The van der Waals surface area contributed by atoms with Crippen LogP contribution in [-0.2, 0) is 0 Å². The average Bonchev–Trinajstić information content (AvgIpc) is 2.28. The summed E-state index contributed by atoms with van der Waals surface area (Å²) in [4.78, 5) is 0. The first kappa shape index (κ1) is 8.89. The van der Waals surface area contributed by atoms with Crippen LogP contribution < -0.4 is 0 Å². The third kappa shape index (κ3) is 1.97. The summed E-state index contributed by atoms with van der Waals surface area (Å²) in [5, 5.41) is 0. The van der Waals surface area contributed by atoms with Crippen LogP contribution in [0.2, 0.25) is 0 Å². The molecule has 0 bridgehead atoms. The highest BCUT2D eigenvalue weighted by atomic mass is 32.1. The third-order valence-electron chi connectivity index (χ3n) is 3.52. The molecule has 0 aromatic heterocycles. The molecule has 1 nitrogen and oxygen atoms in total. The van der Waals surface area contributed by atoms with Crippen molar-refractivity contribution in [2.45, 2.75) is 38.5 Å². The molecule has 12 heavy (non-hydrogen) atoms. The van der Waals surface area contributed by atoms with Crippen LogP contribution in [0.15, 0.2) is 0 Å². The van der Waals surface area contributed by atoms with Crippen LogP contribution in [0.25, 0.3) is 0 Å². The average molecular weight is 185 g/mol. The third-order valence-corrected chi connectivity index (χ3v) is 3.88. The van der Waals surface area contributed by atoms with Gasteiger partial charge in [-0.25, -0.2) is 0 Å². The van der Waals surface area contributed by atoms with E-state index in [1.807, 2.05) is 0 Å². The van der Waals surface area contributed by atoms with Gasteiger partial charge in [0.05, 0.1) is 0 Å². The SMILES string of the molecule is SN1CCC2CCCCCC2C1. The molecular weight excluding hydrogens is 166 g/mol. The second kappa shape index (κ2) is 4.01. The Hall–Kier alpha value is 0.310. The van der Waals surface area contributed by atoms with Gasteiger partial charge in [-0.1, -0.05) is 38.5 Å². The van der Waals surface area contributed by atoms with Crippen LogP contribution >= 0.6 is 12.8 Å². The van der Waals surface area contributed by atoms with Crippen molar-refractivity contribution < 1.29 is 0 Å². The van der Waals surface area contributed by atoms with E-state index in [2.05, 4.69) is 17.1 Å². The first-order valence-corrected chi connectivity index (χ1v) is 5.70. The summed E-state index contributed by atoms with van der Waals surface area (Å²) in [6.07, 6.45) is 8.76. The Morgan fingerprint density at radius 1 is 0.917 bits per heavy atom. The first-order valence-electron chi connectivity index (χ1n) is 5.30. The van der Waals surface area contributed by atoms with Crippen LogP contribution in [-0.4, -0.2) is 17.4 Å². The molecule has 0 spiro atoms. The molecule has 2 fully saturated rings. The van der Waals surface area contributed by atoms with Crippen molar-refractivity contribution >= 4 is 12.8 Å². The highest BCUT2D eigenvalue weighted by Gasteiger charge is 2.28. The molecule has 0 radical (unpaired) electrons. The molecule has 1 heterocycles. The van der Waals surface area contributed by atoms with Crippen molar-refractivity contribution in [1.82, 2.24) is 4.31 Å². The van der Waals surface area contributed by atoms with Crippen LogP contribution in [0.3, 0.4) is 0 Å². The summed E-state index contributed by atoms with van der Waals surface area (Å²) in [7, 11) is 0. The number of nitrogens with zero attached hydrogens (tertiary/aromatic N) is 1. The minimum absolute atomic E-state index is 0.971. The number of fused-ring (bicyclic) bond motifs is 1. The summed E-state index contributed by atoms with van der Waals surface area (Å²) >= 11 is 4.45. The van der Waals surface area contributed by atoms with Gasteiger partial charge in [0.25, 0.3) is 0 Å². The molecule has 0 N–H and O–H groups in total. The molecule has 2 heteroatoms. The molecular formula is C10H19NS. The van der Waals surface area contributed by atoms with Crippen LogP contribution in [0.1, 0.15) is 38.5 Å². The van der Waals surface area contributed by atoms with E-state index >= 15 is 0 Å². The van der Waals surface area contributed by atoms with Gasteiger partial charge in [-0.15, -0.1) is 0 Å². The lowest BCUT2D eigenvalue weighted by Gasteiger charge is -2.34. The number of hydrogen-bond acceptors (Lipinski definition) is 2. The van der Waals surface area contributed by atoms with Crippen molar-refractivity contribution in [2.75, 3.05) is 13.1 Å². The zero-order valence-electron chi connectivity index (χ0n) is 7.71. The molecule has 70 valence electrons. The van der Waals surface area contributed by atoms with Gasteiger partial charge < -0.3 is 0 Å². The quantitative estimate of drug-likeness (QED) is 0.568. The minimum Gasteiger partial charge on any atom is -0.253 e.